The van der Waals surface area contributed by atoms with Crippen molar-refractivity contribution in [1.82, 2.24) is 15.3 Å². The molecule has 4 rings (SSSR count). The number of piperazine rings is 1. The zero-order chi connectivity index (χ0) is 26.4. The molecule has 0 aliphatic carbocycles. The smallest absolute Gasteiger partial charge is 0.119 e. The highest BCUT2D eigenvalue weighted by atomic mass is 35.5. The monoisotopic (exact) mass is 532 g/mol. The minimum Gasteiger partial charge on any atom is -0.494 e. The summed E-state index contributed by atoms with van der Waals surface area (Å²) in [6, 6.07) is 27.3. The predicted octanol–water partition coefficient (Wildman–Crippen LogP) is 5.04. The summed E-state index contributed by atoms with van der Waals surface area (Å²) in [4.78, 5) is 9.47. The van der Waals surface area contributed by atoms with E-state index in [0.29, 0.717) is 13.0 Å². The Bertz CT molecular complexity index is 1140. The van der Waals surface area contributed by atoms with Crippen molar-refractivity contribution in [1.29, 1.82) is 0 Å². The van der Waals surface area contributed by atoms with Crippen LogP contribution in [0.5, 0.6) is 5.75 Å². The summed E-state index contributed by atoms with van der Waals surface area (Å²) in [6.45, 7) is 6.68. The number of nitrogens with two attached hydrogens (primary N) is 1. The Hall–Kier alpha value is -2.89. The van der Waals surface area contributed by atoms with Gasteiger partial charge in [0.2, 0.25) is 0 Å². The number of hydrogen-bond donors (Lipinski definition) is 2. The molecule has 6 nitrogen and oxygen atoms in total. The van der Waals surface area contributed by atoms with E-state index in [1.165, 1.54) is 11.1 Å². The first-order valence-electron chi connectivity index (χ1n) is 13.3. The van der Waals surface area contributed by atoms with Crippen LogP contribution in [0.3, 0.4) is 0 Å². The lowest BCUT2D eigenvalue weighted by Gasteiger charge is -2.40. The average molecular weight is 533 g/mol. The second-order valence-corrected chi connectivity index (χ2v) is 9.82. The number of hydrogen-bond acceptors (Lipinski definition) is 6. The third kappa shape index (κ3) is 8.85. The minimum absolute atomic E-state index is 0.254. The van der Waals surface area contributed by atoms with Crippen LogP contribution in [0.15, 0.2) is 78.9 Å². The third-order valence-electron chi connectivity index (χ3n) is 6.73. The molecular weight excluding hydrogens is 496 g/mol. The van der Waals surface area contributed by atoms with Gasteiger partial charge in [0.05, 0.1) is 12.6 Å². The maximum Gasteiger partial charge on any atom is 0.119 e. The van der Waals surface area contributed by atoms with Gasteiger partial charge in [-0.05, 0) is 66.9 Å². The van der Waals surface area contributed by atoms with Crippen LogP contribution in [0.1, 0.15) is 42.0 Å². The van der Waals surface area contributed by atoms with Gasteiger partial charge in [0.25, 0.3) is 0 Å². The van der Waals surface area contributed by atoms with Crippen LogP contribution < -0.4 is 16.1 Å². The zero-order valence-corrected chi connectivity index (χ0v) is 22.6. The lowest BCUT2D eigenvalue weighted by Crippen LogP contribution is -2.48. The van der Waals surface area contributed by atoms with Crippen LogP contribution in [-0.2, 0) is 4.94 Å². The third-order valence-corrected chi connectivity index (χ3v) is 6.98. The molecule has 0 radical (unpaired) electrons. The van der Waals surface area contributed by atoms with E-state index in [1.807, 2.05) is 36.4 Å². The first kappa shape index (κ1) is 28.1. The van der Waals surface area contributed by atoms with E-state index in [4.69, 9.17) is 22.2 Å². The van der Waals surface area contributed by atoms with Gasteiger partial charge in [0, 0.05) is 49.7 Å². The minimum atomic E-state index is 0.254. The van der Waals surface area contributed by atoms with Crippen molar-refractivity contribution < 1.29 is 9.68 Å². The fourth-order valence-electron chi connectivity index (χ4n) is 4.74. The SMILES string of the molecule is NONCCC#Cc1ccc(OCCCCN2CCN([C@H](c3ccccc3)c3ccc(Cl)cc3)CC2)cc1. The van der Waals surface area contributed by atoms with Crippen LogP contribution in [0.2, 0.25) is 5.02 Å². The van der Waals surface area contributed by atoms with Gasteiger partial charge in [-0.25, -0.2) is 4.94 Å². The van der Waals surface area contributed by atoms with Crippen molar-refractivity contribution in [2.45, 2.75) is 25.3 Å². The Morgan fingerprint density at radius 3 is 2.29 bits per heavy atom. The number of rotatable bonds is 12. The Morgan fingerprint density at radius 1 is 0.868 bits per heavy atom. The molecule has 0 saturated carbocycles. The summed E-state index contributed by atoms with van der Waals surface area (Å²) >= 11 is 6.17. The fourth-order valence-corrected chi connectivity index (χ4v) is 4.86. The first-order chi connectivity index (χ1) is 18.7. The van der Waals surface area contributed by atoms with Gasteiger partial charge in [-0.15, -0.1) is 0 Å². The summed E-state index contributed by atoms with van der Waals surface area (Å²) in [6.07, 6.45) is 2.83. The molecule has 1 heterocycles. The second-order valence-electron chi connectivity index (χ2n) is 9.39. The Morgan fingerprint density at radius 2 is 1.58 bits per heavy atom. The quantitative estimate of drug-likeness (QED) is 0.193. The fraction of sp³-hybridized carbons (Fsp3) is 0.355. The van der Waals surface area contributed by atoms with Crippen molar-refractivity contribution in [3.63, 3.8) is 0 Å². The second kappa shape index (κ2) is 15.5. The van der Waals surface area contributed by atoms with Crippen molar-refractivity contribution in [3.05, 3.63) is 101 Å². The molecule has 7 heteroatoms. The Kier molecular flexibility index (Phi) is 11.5. The summed E-state index contributed by atoms with van der Waals surface area (Å²) in [7, 11) is 0. The van der Waals surface area contributed by atoms with E-state index in [9.17, 15) is 0 Å². The normalized spacial score (nSPS) is 15.0. The number of nitrogens with one attached hydrogen (secondary N) is 1. The number of hydroxylamine groups is 1. The van der Waals surface area contributed by atoms with Gasteiger partial charge in [-0.2, -0.15) is 11.4 Å². The number of unbranched alkanes of at least 4 members (excludes halogenated alkanes) is 1. The van der Waals surface area contributed by atoms with Crippen LogP contribution in [-0.4, -0.2) is 55.7 Å². The molecule has 38 heavy (non-hydrogen) atoms. The standard InChI is InChI=1S/C31H37ClN4O2/c32-29-15-13-28(14-16-29)31(27-9-2-1-3-10-27)36-23-21-35(22-24-36)20-6-7-25-37-30-17-11-26(12-18-30)8-4-5-19-34-38-33/h1-3,9-18,31,34H,5-7,19-25,33H2/t31-/m1/s1. The highest BCUT2D eigenvalue weighted by Crippen LogP contribution is 2.30. The summed E-state index contributed by atoms with van der Waals surface area (Å²) < 4.78 is 5.94. The first-order valence-corrected chi connectivity index (χ1v) is 13.7. The molecule has 0 spiro atoms. The van der Waals surface area contributed by atoms with Gasteiger partial charge >= 0.3 is 0 Å². The molecule has 3 aromatic rings. The highest BCUT2D eigenvalue weighted by molar-refractivity contribution is 6.30. The summed E-state index contributed by atoms with van der Waals surface area (Å²) in [5, 5.41) is 0.777. The van der Waals surface area contributed by atoms with Gasteiger partial charge in [-0.3, -0.25) is 4.90 Å². The Labute approximate surface area is 231 Å². The molecule has 200 valence electrons. The average Bonchev–Trinajstić information content (AvgIpc) is 2.96. The predicted molar refractivity (Wildman–Crippen MR) is 154 cm³/mol. The van der Waals surface area contributed by atoms with Crippen LogP contribution in [0, 0.1) is 11.8 Å². The molecule has 0 amide bonds. The summed E-state index contributed by atoms with van der Waals surface area (Å²) in [5.74, 6) is 12.0. The molecule has 0 unspecified atom stereocenters. The zero-order valence-electron chi connectivity index (χ0n) is 21.8. The molecule has 0 aromatic heterocycles. The van der Waals surface area contributed by atoms with E-state index in [-0.39, 0.29) is 6.04 Å². The maximum atomic E-state index is 6.17. The molecule has 1 aliphatic heterocycles. The molecular formula is C31H37ClN4O2. The lowest BCUT2D eigenvalue weighted by molar-refractivity contribution is 0.0425. The topological polar surface area (TPSA) is 63.0 Å². The molecule has 1 saturated heterocycles. The molecule has 1 aliphatic rings. The van der Waals surface area contributed by atoms with Crippen molar-refractivity contribution in [2.24, 2.45) is 5.90 Å². The van der Waals surface area contributed by atoms with E-state index in [2.05, 4.69) is 74.5 Å². The highest BCUT2D eigenvalue weighted by Gasteiger charge is 2.26. The largest absolute Gasteiger partial charge is 0.494 e. The van der Waals surface area contributed by atoms with Crippen LogP contribution >= 0.6 is 11.6 Å². The number of halogens is 1. The van der Waals surface area contributed by atoms with Crippen LogP contribution in [0.4, 0.5) is 0 Å². The number of ether oxygens (including phenoxy) is 1. The maximum absolute atomic E-state index is 6.17. The van der Waals surface area contributed by atoms with E-state index < -0.39 is 0 Å². The lowest BCUT2D eigenvalue weighted by atomic mass is 9.96. The molecule has 1 fully saturated rings. The molecule has 1 atom stereocenters. The van der Waals surface area contributed by atoms with E-state index in [0.717, 1.165) is 68.5 Å². The van der Waals surface area contributed by atoms with Gasteiger partial charge in [0.1, 0.15) is 5.75 Å². The van der Waals surface area contributed by atoms with Crippen molar-refractivity contribution in [2.75, 3.05) is 45.9 Å². The molecule has 0 bridgehead atoms. The van der Waals surface area contributed by atoms with Gasteiger partial charge < -0.3 is 9.64 Å². The van der Waals surface area contributed by atoms with E-state index in [1.54, 1.807) is 0 Å². The van der Waals surface area contributed by atoms with Crippen molar-refractivity contribution >= 4 is 11.6 Å². The number of nitrogens with zero attached hydrogens (tertiary/aromatic N) is 2. The van der Waals surface area contributed by atoms with Gasteiger partial charge in [0.15, 0.2) is 0 Å². The van der Waals surface area contributed by atoms with Crippen molar-refractivity contribution in [3.8, 4) is 17.6 Å². The van der Waals surface area contributed by atoms with Crippen LogP contribution in [0.25, 0.3) is 0 Å². The molecule has 3 aromatic carbocycles. The van der Waals surface area contributed by atoms with Gasteiger partial charge in [-0.1, -0.05) is 65.9 Å². The Balaban J connectivity index is 1.17. The summed E-state index contributed by atoms with van der Waals surface area (Å²) in [5.41, 5.74) is 6.15. The number of benzene rings is 3. The van der Waals surface area contributed by atoms with E-state index >= 15 is 0 Å². The molecule has 3 N–H and O–H groups in total.